The quantitative estimate of drug-likeness (QED) is 0.645. The fourth-order valence-electron chi connectivity index (χ4n) is 2.59. The Bertz CT molecular complexity index is 597. The summed E-state index contributed by atoms with van der Waals surface area (Å²) in [5.41, 5.74) is 1.80. The summed E-state index contributed by atoms with van der Waals surface area (Å²) in [5.74, 6) is 0.670. The number of hydrogen-bond donors (Lipinski definition) is 1. The van der Waals surface area contributed by atoms with E-state index in [4.69, 9.17) is 0 Å². The lowest BCUT2D eigenvalue weighted by Crippen LogP contribution is -2.27. The van der Waals surface area contributed by atoms with Crippen LogP contribution in [0.4, 0.5) is 0 Å². The standard InChI is InChI=1S/C18H26BrNS/c1-6-20-16(10-12(2)18(3,4)5)14-11-21-17-13(14)8-7-9-15(17)19/h7-9,11-12,16,20H,6,10H2,1-5H3. The Hall–Kier alpha value is -0.380. The summed E-state index contributed by atoms with van der Waals surface area (Å²) < 4.78 is 2.56. The van der Waals surface area contributed by atoms with Gasteiger partial charge in [0, 0.05) is 15.2 Å². The molecular weight excluding hydrogens is 342 g/mol. The number of benzene rings is 1. The maximum Gasteiger partial charge on any atom is 0.0488 e. The van der Waals surface area contributed by atoms with Crippen LogP contribution in [0.5, 0.6) is 0 Å². The number of fused-ring (bicyclic) bond motifs is 1. The second-order valence-corrected chi connectivity index (χ2v) is 8.65. The average Bonchev–Trinajstić information content (AvgIpc) is 2.82. The Kier molecular flexibility index (Phi) is 5.50. The van der Waals surface area contributed by atoms with Crippen LogP contribution in [0, 0.1) is 11.3 Å². The Balaban J connectivity index is 2.34. The first-order valence-corrected chi connectivity index (χ1v) is 9.40. The second kappa shape index (κ2) is 6.80. The van der Waals surface area contributed by atoms with Crippen LogP contribution in [-0.2, 0) is 0 Å². The summed E-state index contributed by atoms with van der Waals surface area (Å²) in [6.07, 6.45) is 1.18. The van der Waals surface area contributed by atoms with Gasteiger partial charge in [-0.25, -0.2) is 0 Å². The van der Waals surface area contributed by atoms with Crippen molar-refractivity contribution >= 4 is 37.4 Å². The van der Waals surface area contributed by atoms with E-state index >= 15 is 0 Å². The predicted molar refractivity (Wildman–Crippen MR) is 99.2 cm³/mol. The van der Waals surface area contributed by atoms with Crippen LogP contribution in [0.25, 0.3) is 10.1 Å². The van der Waals surface area contributed by atoms with Crippen LogP contribution in [0.15, 0.2) is 28.1 Å². The highest BCUT2D eigenvalue weighted by Gasteiger charge is 2.25. The first kappa shape index (κ1) is 17.0. The van der Waals surface area contributed by atoms with Crippen molar-refractivity contribution in [1.29, 1.82) is 0 Å². The highest BCUT2D eigenvalue weighted by molar-refractivity contribution is 9.10. The third kappa shape index (κ3) is 3.88. The normalized spacial score (nSPS) is 15.3. The molecule has 0 fully saturated rings. The molecule has 2 aromatic rings. The molecule has 0 radical (unpaired) electrons. The van der Waals surface area contributed by atoms with Gasteiger partial charge in [0.05, 0.1) is 0 Å². The highest BCUT2D eigenvalue weighted by Crippen LogP contribution is 2.39. The summed E-state index contributed by atoms with van der Waals surface area (Å²) in [6, 6.07) is 6.95. The van der Waals surface area contributed by atoms with Crippen molar-refractivity contribution in [2.45, 2.75) is 47.1 Å². The lowest BCUT2D eigenvalue weighted by Gasteiger charge is -2.31. The molecule has 1 N–H and O–H groups in total. The van der Waals surface area contributed by atoms with Gasteiger partial charge >= 0.3 is 0 Å². The molecule has 0 aliphatic rings. The van der Waals surface area contributed by atoms with E-state index in [0.29, 0.717) is 17.4 Å². The summed E-state index contributed by atoms with van der Waals surface area (Å²) >= 11 is 5.51. The number of rotatable bonds is 5. The van der Waals surface area contributed by atoms with Crippen LogP contribution < -0.4 is 5.32 Å². The lowest BCUT2D eigenvalue weighted by atomic mass is 9.77. The van der Waals surface area contributed by atoms with E-state index in [1.54, 1.807) is 0 Å². The molecule has 1 nitrogen and oxygen atoms in total. The number of halogens is 1. The fraction of sp³-hybridized carbons (Fsp3) is 0.556. The monoisotopic (exact) mass is 367 g/mol. The van der Waals surface area contributed by atoms with Crippen LogP contribution >= 0.6 is 27.3 Å². The average molecular weight is 368 g/mol. The molecule has 2 rings (SSSR count). The SMILES string of the molecule is CCNC(CC(C)C(C)(C)C)c1csc2c(Br)cccc12. The Morgan fingerprint density at radius 2 is 2.00 bits per heavy atom. The van der Waals surface area contributed by atoms with E-state index in [1.165, 1.54) is 26.5 Å². The molecule has 1 aromatic carbocycles. The van der Waals surface area contributed by atoms with Crippen molar-refractivity contribution in [3.05, 3.63) is 33.6 Å². The van der Waals surface area contributed by atoms with Crippen molar-refractivity contribution in [1.82, 2.24) is 5.32 Å². The van der Waals surface area contributed by atoms with Crippen molar-refractivity contribution in [2.75, 3.05) is 6.54 Å². The molecule has 116 valence electrons. The number of nitrogens with one attached hydrogen (secondary N) is 1. The van der Waals surface area contributed by atoms with Crippen LogP contribution in [0.2, 0.25) is 0 Å². The van der Waals surface area contributed by atoms with Crippen LogP contribution in [-0.4, -0.2) is 6.54 Å². The van der Waals surface area contributed by atoms with Gasteiger partial charge in [-0.1, -0.05) is 46.8 Å². The summed E-state index contributed by atoms with van der Waals surface area (Å²) in [7, 11) is 0. The van der Waals surface area contributed by atoms with E-state index < -0.39 is 0 Å². The van der Waals surface area contributed by atoms with Gasteiger partial charge in [-0.15, -0.1) is 11.3 Å². The van der Waals surface area contributed by atoms with E-state index in [1.807, 2.05) is 11.3 Å². The van der Waals surface area contributed by atoms with Crippen molar-refractivity contribution in [3.8, 4) is 0 Å². The largest absolute Gasteiger partial charge is 0.310 e. The molecule has 1 heterocycles. The third-order valence-corrected chi connectivity index (χ3v) is 6.45. The van der Waals surface area contributed by atoms with Gasteiger partial charge in [0.15, 0.2) is 0 Å². The topological polar surface area (TPSA) is 12.0 Å². The van der Waals surface area contributed by atoms with Crippen molar-refractivity contribution < 1.29 is 0 Å². The minimum atomic E-state index is 0.347. The molecule has 21 heavy (non-hydrogen) atoms. The Morgan fingerprint density at radius 1 is 1.29 bits per heavy atom. The van der Waals surface area contributed by atoms with Gasteiger partial charge in [-0.3, -0.25) is 0 Å². The highest BCUT2D eigenvalue weighted by atomic mass is 79.9. The van der Waals surface area contributed by atoms with Gasteiger partial charge in [0.25, 0.3) is 0 Å². The Morgan fingerprint density at radius 3 is 2.62 bits per heavy atom. The van der Waals surface area contributed by atoms with Gasteiger partial charge < -0.3 is 5.32 Å². The molecule has 0 saturated carbocycles. The summed E-state index contributed by atoms with van der Waals surface area (Å²) in [4.78, 5) is 0. The van der Waals surface area contributed by atoms with E-state index in [-0.39, 0.29) is 0 Å². The van der Waals surface area contributed by atoms with E-state index in [2.05, 4.69) is 79.4 Å². The van der Waals surface area contributed by atoms with E-state index in [0.717, 1.165) is 6.54 Å². The molecule has 0 aliphatic carbocycles. The van der Waals surface area contributed by atoms with Gasteiger partial charge in [0.1, 0.15) is 0 Å². The Labute approximate surface area is 141 Å². The maximum atomic E-state index is 3.69. The number of thiophene rings is 1. The molecule has 0 aliphatic heterocycles. The van der Waals surface area contributed by atoms with Crippen LogP contribution in [0.3, 0.4) is 0 Å². The van der Waals surface area contributed by atoms with Gasteiger partial charge in [-0.05, 0) is 62.6 Å². The number of hydrogen-bond acceptors (Lipinski definition) is 2. The molecule has 2 unspecified atom stereocenters. The lowest BCUT2D eigenvalue weighted by molar-refractivity contribution is 0.224. The summed E-state index contributed by atoms with van der Waals surface area (Å²) in [5, 5.41) is 7.41. The fourth-order valence-corrected chi connectivity index (χ4v) is 4.26. The zero-order valence-electron chi connectivity index (χ0n) is 13.7. The van der Waals surface area contributed by atoms with Crippen molar-refractivity contribution in [3.63, 3.8) is 0 Å². The molecule has 0 spiro atoms. The van der Waals surface area contributed by atoms with Crippen molar-refractivity contribution in [2.24, 2.45) is 11.3 Å². The predicted octanol–water partition coefficient (Wildman–Crippen LogP) is 6.39. The maximum absolute atomic E-state index is 3.69. The first-order chi connectivity index (χ1) is 9.84. The smallest absolute Gasteiger partial charge is 0.0488 e. The van der Waals surface area contributed by atoms with Gasteiger partial charge in [0.2, 0.25) is 0 Å². The van der Waals surface area contributed by atoms with Crippen LogP contribution in [0.1, 0.15) is 52.6 Å². The zero-order chi connectivity index (χ0) is 15.6. The molecule has 2 atom stereocenters. The third-order valence-electron chi connectivity index (χ3n) is 4.48. The van der Waals surface area contributed by atoms with Gasteiger partial charge in [-0.2, -0.15) is 0 Å². The minimum Gasteiger partial charge on any atom is -0.310 e. The molecule has 3 heteroatoms. The minimum absolute atomic E-state index is 0.347. The molecule has 0 saturated heterocycles. The van der Waals surface area contributed by atoms with E-state index in [9.17, 15) is 0 Å². The molecule has 0 amide bonds. The molecule has 0 bridgehead atoms. The molecular formula is C18H26BrNS. The second-order valence-electron chi connectivity index (χ2n) is 6.92. The summed E-state index contributed by atoms with van der Waals surface area (Å²) in [6.45, 7) is 12.6. The zero-order valence-corrected chi connectivity index (χ0v) is 16.1. The molecule has 1 aromatic heterocycles. The first-order valence-electron chi connectivity index (χ1n) is 7.73.